The van der Waals surface area contributed by atoms with E-state index in [-0.39, 0.29) is 11.8 Å². The molecule has 1 N–H and O–H groups in total. The second-order valence-corrected chi connectivity index (χ2v) is 4.53. The molecule has 2 atom stereocenters. The van der Waals surface area contributed by atoms with Crippen molar-refractivity contribution in [3.05, 3.63) is 30.2 Å². The second kappa shape index (κ2) is 3.84. The van der Waals surface area contributed by atoms with Crippen molar-refractivity contribution in [1.82, 2.24) is 14.6 Å². The second-order valence-electron chi connectivity index (χ2n) is 4.53. The highest BCUT2D eigenvalue weighted by atomic mass is 16.4. The van der Waals surface area contributed by atoms with E-state index >= 15 is 0 Å². The molecule has 5 nitrogen and oxygen atoms in total. The fraction of sp³-hybridized carbons (Fsp3) is 0.417. The zero-order valence-corrected chi connectivity index (χ0v) is 9.28. The van der Waals surface area contributed by atoms with Crippen molar-refractivity contribution in [2.75, 3.05) is 0 Å². The first-order valence-corrected chi connectivity index (χ1v) is 5.78. The summed E-state index contributed by atoms with van der Waals surface area (Å²) in [6.45, 7) is 0. The summed E-state index contributed by atoms with van der Waals surface area (Å²) >= 11 is 0. The Bertz CT molecular complexity index is 564. The molecule has 2 unspecified atom stereocenters. The Morgan fingerprint density at radius 3 is 3.00 bits per heavy atom. The Hall–Kier alpha value is -1.91. The van der Waals surface area contributed by atoms with Crippen LogP contribution < -0.4 is 0 Å². The number of carboxylic acids is 1. The van der Waals surface area contributed by atoms with E-state index in [4.69, 9.17) is 5.11 Å². The highest BCUT2D eigenvalue weighted by Gasteiger charge is 2.32. The van der Waals surface area contributed by atoms with Gasteiger partial charge in [-0.25, -0.2) is 0 Å². The average molecular weight is 231 g/mol. The number of pyridine rings is 1. The number of rotatable bonds is 2. The highest BCUT2D eigenvalue weighted by Crippen LogP contribution is 2.37. The van der Waals surface area contributed by atoms with Crippen LogP contribution in [0, 0.1) is 5.92 Å². The van der Waals surface area contributed by atoms with E-state index in [0.29, 0.717) is 6.42 Å². The Morgan fingerprint density at radius 2 is 2.24 bits per heavy atom. The van der Waals surface area contributed by atoms with Gasteiger partial charge in [0.2, 0.25) is 0 Å². The fourth-order valence-corrected chi connectivity index (χ4v) is 2.58. The van der Waals surface area contributed by atoms with Crippen LogP contribution in [0.3, 0.4) is 0 Å². The van der Waals surface area contributed by atoms with E-state index in [1.54, 1.807) is 0 Å². The van der Waals surface area contributed by atoms with Crippen LogP contribution in [0.1, 0.15) is 31.0 Å². The number of aliphatic carboxylic acids is 1. The number of hydrogen-bond donors (Lipinski definition) is 1. The largest absolute Gasteiger partial charge is 0.481 e. The third-order valence-electron chi connectivity index (χ3n) is 3.49. The van der Waals surface area contributed by atoms with Crippen molar-refractivity contribution < 1.29 is 9.90 Å². The van der Waals surface area contributed by atoms with Crippen LogP contribution in [0.15, 0.2) is 24.4 Å². The first-order chi connectivity index (χ1) is 8.25. The summed E-state index contributed by atoms with van der Waals surface area (Å²) in [6, 6.07) is 5.76. The number of hydrogen-bond acceptors (Lipinski definition) is 3. The molecule has 0 spiro atoms. The number of carbonyl (C=O) groups is 1. The van der Waals surface area contributed by atoms with Gasteiger partial charge in [0.25, 0.3) is 0 Å². The number of nitrogens with zero attached hydrogens (tertiary/aromatic N) is 3. The van der Waals surface area contributed by atoms with Gasteiger partial charge in [0.05, 0.1) is 5.92 Å². The van der Waals surface area contributed by atoms with Crippen molar-refractivity contribution >= 4 is 11.6 Å². The van der Waals surface area contributed by atoms with Gasteiger partial charge in [-0.2, -0.15) is 0 Å². The first-order valence-electron chi connectivity index (χ1n) is 5.78. The summed E-state index contributed by atoms with van der Waals surface area (Å²) < 4.78 is 1.95. The molecule has 17 heavy (non-hydrogen) atoms. The molecule has 1 fully saturated rings. The van der Waals surface area contributed by atoms with E-state index < -0.39 is 5.97 Å². The van der Waals surface area contributed by atoms with Crippen LogP contribution in [0.2, 0.25) is 0 Å². The molecule has 3 rings (SSSR count). The van der Waals surface area contributed by atoms with E-state index in [2.05, 4.69) is 10.2 Å². The predicted molar refractivity (Wildman–Crippen MR) is 60.7 cm³/mol. The normalized spacial score (nSPS) is 24.2. The van der Waals surface area contributed by atoms with Crippen molar-refractivity contribution in [2.45, 2.75) is 25.2 Å². The van der Waals surface area contributed by atoms with Gasteiger partial charge in [-0.15, -0.1) is 10.2 Å². The van der Waals surface area contributed by atoms with Crippen LogP contribution in [-0.4, -0.2) is 25.7 Å². The molecule has 0 aliphatic heterocycles. The first kappa shape index (κ1) is 10.3. The zero-order valence-electron chi connectivity index (χ0n) is 9.28. The van der Waals surface area contributed by atoms with E-state index in [1.807, 2.05) is 28.8 Å². The molecule has 1 aliphatic rings. The third-order valence-corrected chi connectivity index (χ3v) is 3.49. The van der Waals surface area contributed by atoms with Crippen LogP contribution in [-0.2, 0) is 4.79 Å². The Balaban J connectivity index is 1.93. The average Bonchev–Trinajstić information content (AvgIpc) is 2.95. The van der Waals surface area contributed by atoms with Crippen molar-refractivity contribution in [2.24, 2.45) is 5.92 Å². The Morgan fingerprint density at radius 1 is 1.35 bits per heavy atom. The molecule has 2 aromatic heterocycles. The Kier molecular flexibility index (Phi) is 2.31. The molecule has 2 aromatic rings. The van der Waals surface area contributed by atoms with Crippen LogP contribution in [0.4, 0.5) is 0 Å². The summed E-state index contributed by atoms with van der Waals surface area (Å²) in [4.78, 5) is 10.9. The summed E-state index contributed by atoms with van der Waals surface area (Å²) in [5.41, 5.74) is 0.821. The maximum absolute atomic E-state index is 10.9. The summed E-state index contributed by atoms with van der Waals surface area (Å²) in [5.74, 6) is 0.190. The zero-order chi connectivity index (χ0) is 11.8. The molecule has 1 saturated carbocycles. The fourth-order valence-electron chi connectivity index (χ4n) is 2.58. The molecule has 0 bridgehead atoms. The maximum Gasteiger partial charge on any atom is 0.306 e. The van der Waals surface area contributed by atoms with Gasteiger partial charge < -0.3 is 5.11 Å². The van der Waals surface area contributed by atoms with Crippen LogP contribution in [0.5, 0.6) is 0 Å². The molecular weight excluding hydrogens is 218 g/mol. The van der Waals surface area contributed by atoms with Gasteiger partial charge in [-0.1, -0.05) is 6.07 Å². The standard InChI is InChI=1S/C12H13N3O2/c16-12(17)9-5-4-8(7-9)11-14-13-10-3-1-2-6-15(10)11/h1-3,6,8-9H,4-5,7H2,(H,16,17). The molecule has 1 aliphatic carbocycles. The van der Waals surface area contributed by atoms with Gasteiger partial charge in [0.15, 0.2) is 5.65 Å². The molecule has 0 radical (unpaired) electrons. The van der Waals surface area contributed by atoms with Gasteiger partial charge in [-0.05, 0) is 31.4 Å². The predicted octanol–water partition coefficient (Wildman–Crippen LogP) is 1.70. The van der Waals surface area contributed by atoms with Crippen molar-refractivity contribution in [3.63, 3.8) is 0 Å². The van der Waals surface area contributed by atoms with Gasteiger partial charge in [0, 0.05) is 12.1 Å². The number of carboxylic acid groups (broad SMARTS) is 1. The lowest BCUT2D eigenvalue weighted by atomic mass is 10.0. The number of fused-ring (bicyclic) bond motifs is 1. The SMILES string of the molecule is O=C(O)C1CCC(c2nnc3ccccn23)C1. The molecule has 2 heterocycles. The monoisotopic (exact) mass is 231 g/mol. The minimum absolute atomic E-state index is 0.216. The summed E-state index contributed by atoms with van der Waals surface area (Å²) in [6.07, 6.45) is 4.22. The summed E-state index contributed by atoms with van der Waals surface area (Å²) in [7, 11) is 0. The van der Waals surface area contributed by atoms with Crippen molar-refractivity contribution in [1.29, 1.82) is 0 Å². The molecule has 5 heteroatoms. The van der Waals surface area contributed by atoms with Crippen LogP contribution >= 0.6 is 0 Å². The molecule has 88 valence electrons. The van der Waals surface area contributed by atoms with Gasteiger partial charge in [-0.3, -0.25) is 9.20 Å². The smallest absolute Gasteiger partial charge is 0.306 e. The lowest BCUT2D eigenvalue weighted by Crippen LogP contribution is -2.09. The molecule has 0 aromatic carbocycles. The minimum atomic E-state index is -0.693. The lowest BCUT2D eigenvalue weighted by Gasteiger charge is -2.07. The summed E-state index contributed by atoms with van der Waals surface area (Å²) in [5, 5.41) is 17.3. The molecule has 0 amide bonds. The van der Waals surface area contributed by atoms with Crippen LogP contribution in [0.25, 0.3) is 5.65 Å². The molecular formula is C12H13N3O2. The quantitative estimate of drug-likeness (QED) is 0.854. The topological polar surface area (TPSA) is 67.5 Å². The van der Waals surface area contributed by atoms with Crippen molar-refractivity contribution in [3.8, 4) is 0 Å². The number of aromatic nitrogens is 3. The van der Waals surface area contributed by atoms with E-state index in [9.17, 15) is 4.79 Å². The molecule has 0 saturated heterocycles. The highest BCUT2D eigenvalue weighted by molar-refractivity contribution is 5.70. The van der Waals surface area contributed by atoms with E-state index in [0.717, 1.165) is 24.3 Å². The minimum Gasteiger partial charge on any atom is -0.481 e. The third kappa shape index (κ3) is 1.67. The lowest BCUT2D eigenvalue weighted by molar-refractivity contribution is -0.141. The van der Waals surface area contributed by atoms with Gasteiger partial charge >= 0.3 is 5.97 Å². The maximum atomic E-state index is 10.9. The van der Waals surface area contributed by atoms with E-state index in [1.165, 1.54) is 0 Å². The Labute approximate surface area is 98.1 Å². The van der Waals surface area contributed by atoms with Gasteiger partial charge in [0.1, 0.15) is 5.82 Å².